The van der Waals surface area contributed by atoms with Crippen molar-refractivity contribution in [2.24, 2.45) is 4.99 Å². The summed E-state index contributed by atoms with van der Waals surface area (Å²) < 4.78 is 68.2. The first-order valence-corrected chi connectivity index (χ1v) is 12.7. The number of hydrogen-bond acceptors (Lipinski definition) is 4. The number of carbonyl (C=O) groups excluding carboxylic acids is 2. The summed E-state index contributed by atoms with van der Waals surface area (Å²) in [5.41, 5.74) is -0.0791. The maximum atomic E-state index is 14.2. The van der Waals surface area contributed by atoms with Crippen LogP contribution in [0.1, 0.15) is 49.0 Å². The van der Waals surface area contributed by atoms with E-state index in [2.05, 4.69) is 15.6 Å². The molecule has 0 spiro atoms. The third-order valence-electron chi connectivity index (χ3n) is 6.94. The van der Waals surface area contributed by atoms with Crippen molar-refractivity contribution < 1.29 is 31.5 Å². The number of alkyl halides is 3. The number of rotatable bonds is 4. The zero-order valence-electron chi connectivity index (χ0n) is 20.8. The molecule has 0 fully saturated rings. The van der Waals surface area contributed by atoms with Crippen molar-refractivity contribution >= 4 is 40.5 Å². The van der Waals surface area contributed by atoms with E-state index in [1.54, 1.807) is 24.3 Å². The largest absolute Gasteiger partial charge is 0.416 e. The second kappa shape index (κ2) is 9.84. The molecule has 0 saturated carbocycles. The van der Waals surface area contributed by atoms with E-state index in [-0.39, 0.29) is 33.5 Å². The highest BCUT2D eigenvalue weighted by Crippen LogP contribution is 2.42. The first kappa shape index (κ1) is 26.7. The minimum atomic E-state index is -4.88. The molecule has 208 valence electrons. The number of carbonyl (C=O) groups is 2. The van der Waals surface area contributed by atoms with Crippen LogP contribution in [0.15, 0.2) is 71.9 Å². The molecule has 0 aromatic heterocycles. The molecular formula is C29H18ClF5N4O2. The molecule has 0 aliphatic carbocycles. The SMILES string of the molecule is O=C(Nc1cc(C2=CN3CCN=C3C=C2)cc2c1[C@H](c1cc(F)ccc1Cl)NC2=O)c1cc(F)cc(C(F)(F)F)c1. The van der Waals surface area contributed by atoms with Crippen LogP contribution < -0.4 is 10.6 Å². The number of fused-ring (bicyclic) bond motifs is 2. The summed E-state index contributed by atoms with van der Waals surface area (Å²) in [6, 6.07) is 7.28. The number of amides is 2. The Labute approximate surface area is 234 Å². The van der Waals surface area contributed by atoms with Gasteiger partial charge >= 0.3 is 6.18 Å². The highest BCUT2D eigenvalue weighted by Gasteiger charge is 2.36. The Hall–Kier alpha value is -4.51. The number of benzene rings is 3. The zero-order valence-corrected chi connectivity index (χ0v) is 21.6. The molecule has 6 nitrogen and oxygen atoms in total. The van der Waals surface area contributed by atoms with Gasteiger partial charge in [-0.15, -0.1) is 0 Å². The Morgan fingerprint density at radius 2 is 1.85 bits per heavy atom. The topological polar surface area (TPSA) is 73.8 Å². The molecule has 3 aromatic rings. The molecule has 2 amide bonds. The first-order chi connectivity index (χ1) is 19.5. The number of nitrogens with one attached hydrogen (secondary N) is 2. The first-order valence-electron chi connectivity index (χ1n) is 12.3. The van der Waals surface area contributed by atoms with Crippen LogP contribution in [-0.2, 0) is 6.18 Å². The molecule has 12 heteroatoms. The van der Waals surface area contributed by atoms with Crippen LogP contribution in [0, 0.1) is 11.6 Å². The Morgan fingerprint density at radius 3 is 2.63 bits per heavy atom. The number of allylic oxidation sites excluding steroid dienone is 2. The number of anilines is 1. The zero-order chi connectivity index (χ0) is 29.1. The van der Waals surface area contributed by atoms with Crippen molar-refractivity contribution in [3.63, 3.8) is 0 Å². The van der Waals surface area contributed by atoms with Crippen LogP contribution in [-0.4, -0.2) is 35.6 Å². The van der Waals surface area contributed by atoms with Crippen LogP contribution >= 0.6 is 11.6 Å². The summed E-state index contributed by atoms with van der Waals surface area (Å²) in [7, 11) is 0. The van der Waals surface area contributed by atoms with Gasteiger partial charge in [-0.2, -0.15) is 13.2 Å². The Bertz CT molecular complexity index is 1730. The monoisotopic (exact) mass is 584 g/mol. The van der Waals surface area contributed by atoms with E-state index < -0.39 is 46.8 Å². The standard InChI is InChI=1S/C29H18ClF5N4O2/c30-22-3-2-18(31)12-20(22)26-25-21(28(41)38-26)9-15(14-1-4-24-36-5-6-39(24)13-14)10-23(25)37-27(40)16-7-17(29(33,34)35)11-19(32)8-16/h1-4,7-13,26H,5-6H2,(H,37,40)(H,38,41)/t26-/m0/s1. The summed E-state index contributed by atoms with van der Waals surface area (Å²) in [4.78, 5) is 32.7. The van der Waals surface area contributed by atoms with Crippen molar-refractivity contribution in [3.8, 4) is 0 Å². The Morgan fingerprint density at radius 1 is 1.05 bits per heavy atom. The quantitative estimate of drug-likeness (QED) is 0.351. The van der Waals surface area contributed by atoms with Gasteiger partial charge < -0.3 is 15.5 Å². The Kier molecular flexibility index (Phi) is 6.41. The molecule has 3 aliphatic heterocycles. The molecule has 41 heavy (non-hydrogen) atoms. The fraction of sp³-hybridized carbons (Fsp3) is 0.138. The average molecular weight is 585 g/mol. The van der Waals surface area contributed by atoms with Crippen LogP contribution in [0.25, 0.3) is 5.57 Å². The highest BCUT2D eigenvalue weighted by molar-refractivity contribution is 6.31. The van der Waals surface area contributed by atoms with E-state index in [0.717, 1.165) is 18.0 Å². The van der Waals surface area contributed by atoms with E-state index in [4.69, 9.17) is 11.6 Å². The van der Waals surface area contributed by atoms with E-state index in [0.29, 0.717) is 36.4 Å². The third kappa shape index (κ3) is 4.97. The van der Waals surface area contributed by atoms with E-state index >= 15 is 0 Å². The van der Waals surface area contributed by atoms with Gasteiger partial charge in [0.2, 0.25) is 0 Å². The predicted molar refractivity (Wildman–Crippen MR) is 143 cm³/mol. The number of halogens is 6. The maximum absolute atomic E-state index is 14.2. The lowest BCUT2D eigenvalue weighted by molar-refractivity contribution is -0.137. The fourth-order valence-corrected chi connectivity index (χ4v) is 5.28. The molecule has 0 unspecified atom stereocenters. The van der Waals surface area contributed by atoms with E-state index in [1.165, 1.54) is 6.07 Å². The molecule has 0 saturated heterocycles. The van der Waals surface area contributed by atoms with Crippen molar-refractivity contribution in [2.75, 3.05) is 18.4 Å². The summed E-state index contributed by atoms with van der Waals surface area (Å²) >= 11 is 6.34. The molecule has 0 radical (unpaired) electrons. The van der Waals surface area contributed by atoms with E-state index in [9.17, 15) is 31.5 Å². The van der Waals surface area contributed by atoms with Crippen molar-refractivity contribution in [1.82, 2.24) is 10.2 Å². The smallest absolute Gasteiger partial charge is 0.341 e. The van der Waals surface area contributed by atoms with Gasteiger partial charge in [-0.05, 0) is 71.8 Å². The van der Waals surface area contributed by atoms with Crippen molar-refractivity contribution in [2.45, 2.75) is 12.2 Å². The van der Waals surface area contributed by atoms with E-state index in [1.807, 2.05) is 11.1 Å². The number of amidine groups is 1. The molecule has 2 N–H and O–H groups in total. The minimum Gasteiger partial charge on any atom is -0.341 e. The predicted octanol–water partition coefficient (Wildman–Crippen LogP) is 6.35. The van der Waals surface area contributed by atoms with Crippen LogP contribution in [0.3, 0.4) is 0 Å². The normalized spacial score (nSPS) is 17.6. The van der Waals surface area contributed by atoms with Gasteiger partial charge in [0.05, 0.1) is 18.2 Å². The summed E-state index contributed by atoms with van der Waals surface area (Å²) in [6.45, 7) is 1.26. The molecule has 6 rings (SSSR count). The minimum absolute atomic E-state index is 0.0548. The number of nitrogens with zero attached hydrogens (tertiary/aromatic N) is 2. The number of hydrogen-bond donors (Lipinski definition) is 2. The Balaban J connectivity index is 1.48. The van der Waals surface area contributed by atoms with Crippen LogP contribution in [0.2, 0.25) is 5.02 Å². The lowest BCUT2D eigenvalue weighted by Crippen LogP contribution is -2.22. The number of aliphatic imine (C=N–C) groups is 1. The van der Waals surface area contributed by atoms with Crippen molar-refractivity contribution in [3.05, 3.63) is 117 Å². The summed E-state index contributed by atoms with van der Waals surface area (Å²) in [5, 5.41) is 5.44. The van der Waals surface area contributed by atoms with Crippen LogP contribution in [0.5, 0.6) is 0 Å². The lowest BCUT2D eigenvalue weighted by atomic mass is 9.92. The molecular weight excluding hydrogens is 567 g/mol. The van der Waals surface area contributed by atoms with Gasteiger partial charge in [0.25, 0.3) is 11.8 Å². The molecule has 3 heterocycles. The fourth-order valence-electron chi connectivity index (χ4n) is 5.05. The molecule has 3 aromatic carbocycles. The highest BCUT2D eigenvalue weighted by atomic mass is 35.5. The van der Waals surface area contributed by atoms with Gasteiger partial charge in [-0.25, -0.2) is 8.78 Å². The summed E-state index contributed by atoms with van der Waals surface area (Å²) in [6.07, 6.45) is 0.527. The van der Waals surface area contributed by atoms with Gasteiger partial charge in [0.1, 0.15) is 17.5 Å². The van der Waals surface area contributed by atoms with Gasteiger partial charge in [0.15, 0.2) is 0 Å². The van der Waals surface area contributed by atoms with Gasteiger partial charge in [-0.1, -0.05) is 11.6 Å². The molecule has 0 bridgehead atoms. The van der Waals surface area contributed by atoms with Gasteiger partial charge in [-0.3, -0.25) is 14.6 Å². The lowest BCUT2D eigenvalue weighted by Gasteiger charge is -2.21. The summed E-state index contributed by atoms with van der Waals surface area (Å²) in [5.74, 6) is -2.66. The second-order valence-corrected chi connectivity index (χ2v) is 10.00. The molecule has 3 aliphatic rings. The average Bonchev–Trinajstić information content (AvgIpc) is 3.53. The third-order valence-corrected chi connectivity index (χ3v) is 7.29. The second-order valence-electron chi connectivity index (χ2n) is 9.59. The maximum Gasteiger partial charge on any atom is 0.416 e. The van der Waals surface area contributed by atoms with Crippen molar-refractivity contribution in [1.29, 1.82) is 0 Å². The molecule has 1 atom stereocenters. The van der Waals surface area contributed by atoms with Crippen LogP contribution in [0.4, 0.5) is 27.6 Å². The van der Waals surface area contributed by atoms with Gasteiger partial charge in [0, 0.05) is 45.7 Å².